The number of carbonyl (C=O) groups excluding carboxylic acids is 1. The molecular formula is C23H24N2O2. The second kappa shape index (κ2) is 8.04. The predicted octanol–water partition coefficient (Wildman–Crippen LogP) is 5.33. The van der Waals surface area contributed by atoms with Gasteiger partial charge < -0.3 is 9.30 Å². The van der Waals surface area contributed by atoms with Crippen LogP contribution in [0.3, 0.4) is 0 Å². The van der Waals surface area contributed by atoms with Crippen LogP contribution < -0.4 is 0 Å². The van der Waals surface area contributed by atoms with Gasteiger partial charge in [-0.3, -0.25) is 4.99 Å². The lowest BCUT2D eigenvalue weighted by Crippen LogP contribution is -2.03. The van der Waals surface area contributed by atoms with E-state index in [2.05, 4.69) is 60.7 Å². The van der Waals surface area contributed by atoms with Crippen molar-refractivity contribution in [2.75, 3.05) is 6.61 Å². The molecule has 0 aliphatic heterocycles. The molecule has 0 saturated heterocycles. The molecule has 0 atom stereocenters. The Balaban J connectivity index is 1.83. The van der Waals surface area contributed by atoms with Crippen LogP contribution in [0.1, 0.15) is 39.8 Å². The van der Waals surface area contributed by atoms with Crippen LogP contribution in [0.5, 0.6) is 0 Å². The second-order valence-corrected chi connectivity index (χ2v) is 6.52. The summed E-state index contributed by atoms with van der Waals surface area (Å²) in [5, 5.41) is 0. The van der Waals surface area contributed by atoms with E-state index >= 15 is 0 Å². The van der Waals surface area contributed by atoms with Gasteiger partial charge in [-0.05, 0) is 70.2 Å². The van der Waals surface area contributed by atoms with Crippen molar-refractivity contribution in [2.45, 2.75) is 27.7 Å². The lowest BCUT2D eigenvalue weighted by atomic mass is 10.2. The summed E-state index contributed by atoms with van der Waals surface area (Å²) in [6, 6.07) is 17.7. The van der Waals surface area contributed by atoms with Crippen LogP contribution in [0.15, 0.2) is 59.6 Å². The van der Waals surface area contributed by atoms with E-state index in [0.717, 1.165) is 28.3 Å². The molecule has 0 aliphatic rings. The van der Waals surface area contributed by atoms with Crippen molar-refractivity contribution in [1.29, 1.82) is 0 Å². The minimum Gasteiger partial charge on any atom is -0.462 e. The summed E-state index contributed by atoms with van der Waals surface area (Å²) in [5.41, 5.74) is 7.10. The van der Waals surface area contributed by atoms with E-state index in [1.807, 2.05) is 18.3 Å². The van der Waals surface area contributed by atoms with Gasteiger partial charge in [0.15, 0.2) is 0 Å². The Morgan fingerprint density at radius 1 is 1.04 bits per heavy atom. The third kappa shape index (κ3) is 4.17. The maximum Gasteiger partial charge on any atom is 0.338 e. The number of esters is 1. The lowest BCUT2D eigenvalue weighted by molar-refractivity contribution is 0.0526. The zero-order chi connectivity index (χ0) is 19.4. The number of nitrogens with zero attached hydrogens (tertiary/aromatic N) is 2. The molecule has 0 unspecified atom stereocenters. The molecule has 0 bridgehead atoms. The molecule has 27 heavy (non-hydrogen) atoms. The molecule has 0 saturated carbocycles. The number of aliphatic imine (C=N–C) groups is 1. The van der Waals surface area contributed by atoms with Crippen molar-refractivity contribution in [2.24, 2.45) is 4.99 Å². The van der Waals surface area contributed by atoms with Crippen molar-refractivity contribution in [3.05, 3.63) is 82.7 Å². The van der Waals surface area contributed by atoms with Crippen LogP contribution in [-0.2, 0) is 4.74 Å². The lowest BCUT2D eigenvalue weighted by Gasteiger charge is -2.09. The Kier molecular flexibility index (Phi) is 5.55. The van der Waals surface area contributed by atoms with Gasteiger partial charge >= 0.3 is 5.97 Å². The number of rotatable bonds is 5. The first-order chi connectivity index (χ1) is 13.0. The van der Waals surface area contributed by atoms with Crippen molar-refractivity contribution < 1.29 is 9.53 Å². The number of benzene rings is 2. The number of aromatic nitrogens is 1. The fraction of sp³-hybridized carbons (Fsp3) is 0.217. The molecule has 0 radical (unpaired) electrons. The van der Waals surface area contributed by atoms with Gasteiger partial charge in [-0.15, -0.1) is 0 Å². The largest absolute Gasteiger partial charge is 0.462 e. The molecule has 138 valence electrons. The molecule has 1 aromatic heterocycles. The van der Waals surface area contributed by atoms with E-state index in [1.165, 1.54) is 5.56 Å². The third-order valence-electron chi connectivity index (χ3n) is 4.49. The SMILES string of the molecule is CCOC(=O)c1ccc(N=Cc2cc(C)n(-c3ccc(C)cc3)c2C)cc1. The smallest absolute Gasteiger partial charge is 0.338 e. The number of ether oxygens (including phenoxy) is 1. The van der Waals surface area contributed by atoms with E-state index in [-0.39, 0.29) is 5.97 Å². The predicted molar refractivity (Wildman–Crippen MR) is 110 cm³/mol. The quantitative estimate of drug-likeness (QED) is 0.456. The monoisotopic (exact) mass is 360 g/mol. The van der Waals surface area contributed by atoms with Crippen LogP contribution in [0, 0.1) is 20.8 Å². The normalized spacial score (nSPS) is 11.1. The molecule has 3 rings (SSSR count). The zero-order valence-corrected chi connectivity index (χ0v) is 16.2. The van der Waals surface area contributed by atoms with E-state index < -0.39 is 0 Å². The van der Waals surface area contributed by atoms with Gasteiger partial charge in [0.2, 0.25) is 0 Å². The van der Waals surface area contributed by atoms with Gasteiger partial charge in [-0.25, -0.2) is 4.79 Å². The highest BCUT2D eigenvalue weighted by atomic mass is 16.5. The molecule has 1 heterocycles. The van der Waals surface area contributed by atoms with Crippen molar-refractivity contribution in [1.82, 2.24) is 4.57 Å². The van der Waals surface area contributed by atoms with Crippen molar-refractivity contribution in [3.63, 3.8) is 0 Å². The average molecular weight is 360 g/mol. The van der Waals surface area contributed by atoms with Crippen molar-refractivity contribution >= 4 is 17.9 Å². The molecule has 0 fully saturated rings. The molecule has 2 aromatic carbocycles. The summed E-state index contributed by atoms with van der Waals surface area (Å²) in [7, 11) is 0. The fourth-order valence-electron chi connectivity index (χ4n) is 3.05. The van der Waals surface area contributed by atoms with Crippen molar-refractivity contribution in [3.8, 4) is 5.69 Å². The van der Waals surface area contributed by atoms with Crippen LogP contribution in [0.4, 0.5) is 5.69 Å². The minimum atomic E-state index is -0.310. The van der Waals surface area contributed by atoms with E-state index in [9.17, 15) is 4.79 Å². The molecule has 0 spiro atoms. The molecule has 0 N–H and O–H groups in total. The van der Waals surface area contributed by atoms with Crippen LogP contribution in [0.25, 0.3) is 5.69 Å². The molecule has 0 amide bonds. The Bertz CT molecular complexity index is 965. The van der Waals surface area contributed by atoms with Gasteiger partial charge in [0.1, 0.15) is 0 Å². The maximum absolute atomic E-state index is 11.7. The third-order valence-corrected chi connectivity index (χ3v) is 4.49. The number of carbonyl (C=O) groups is 1. The summed E-state index contributed by atoms with van der Waals surface area (Å²) in [6.07, 6.45) is 1.87. The minimum absolute atomic E-state index is 0.310. The summed E-state index contributed by atoms with van der Waals surface area (Å²) in [4.78, 5) is 16.3. The number of hydrogen-bond acceptors (Lipinski definition) is 3. The highest BCUT2D eigenvalue weighted by Gasteiger charge is 2.09. The summed E-state index contributed by atoms with van der Waals surface area (Å²) in [6.45, 7) is 8.44. The van der Waals surface area contributed by atoms with Crippen LogP contribution in [-0.4, -0.2) is 23.4 Å². The molecule has 3 aromatic rings. The number of hydrogen-bond donors (Lipinski definition) is 0. The highest BCUT2D eigenvalue weighted by molar-refractivity contribution is 5.90. The van der Waals surface area contributed by atoms with E-state index in [4.69, 9.17) is 4.74 Å². The molecule has 0 aliphatic carbocycles. The average Bonchev–Trinajstić information content (AvgIpc) is 2.95. The summed E-state index contributed by atoms with van der Waals surface area (Å²) < 4.78 is 7.22. The maximum atomic E-state index is 11.7. The standard InChI is InChI=1S/C23H24N2O2/c1-5-27-23(26)19-8-10-21(11-9-19)24-15-20-14-17(3)25(18(20)4)22-12-6-16(2)7-13-22/h6-15H,5H2,1-4H3. The van der Waals surface area contributed by atoms with Crippen LogP contribution in [0.2, 0.25) is 0 Å². The fourth-order valence-corrected chi connectivity index (χ4v) is 3.05. The Labute approximate surface area is 160 Å². The highest BCUT2D eigenvalue weighted by Crippen LogP contribution is 2.21. The van der Waals surface area contributed by atoms with Gasteiger partial charge in [-0.2, -0.15) is 0 Å². The second-order valence-electron chi connectivity index (χ2n) is 6.52. The first-order valence-electron chi connectivity index (χ1n) is 9.07. The zero-order valence-electron chi connectivity index (χ0n) is 16.2. The topological polar surface area (TPSA) is 43.6 Å². The first kappa shape index (κ1) is 18.6. The van der Waals surface area contributed by atoms with Crippen LogP contribution >= 0.6 is 0 Å². The van der Waals surface area contributed by atoms with Gasteiger partial charge in [0.25, 0.3) is 0 Å². The Morgan fingerprint density at radius 3 is 2.33 bits per heavy atom. The molecule has 4 nitrogen and oxygen atoms in total. The Morgan fingerprint density at radius 2 is 1.70 bits per heavy atom. The van der Waals surface area contributed by atoms with Gasteiger partial charge in [-0.1, -0.05) is 17.7 Å². The summed E-state index contributed by atoms with van der Waals surface area (Å²) >= 11 is 0. The molecule has 4 heteroatoms. The first-order valence-corrected chi connectivity index (χ1v) is 9.07. The van der Waals surface area contributed by atoms with E-state index in [1.54, 1.807) is 19.1 Å². The van der Waals surface area contributed by atoms with E-state index in [0.29, 0.717) is 12.2 Å². The van der Waals surface area contributed by atoms with Gasteiger partial charge in [0.05, 0.1) is 17.9 Å². The van der Waals surface area contributed by atoms with Gasteiger partial charge in [0, 0.05) is 28.9 Å². The number of aryl methyl sites for hydroxylation is 2. The molecular weight excluding hydrogens is 336 g/mol. The summed E-state index contributed by atoms with van der Waals surface area (Å²) in [5.74, 6) is -0.310. The Hall–Kier alpha value is -3.14.